The Bertz CT molecular complexity index is 1280. The quantitative estimate of drug-likeness (QED) is 0.383. The minimum Gasteiger partial charge on any atom is -0.356 e. The molecule has 0 bridgehead atoms. The van der Waals surface area contributed by atoms with Gasteiger partial charge in [0, 0.05) is 34.7 Å². The number of fused-ring (bicyclic) bond motifs is 3. The molecule has 5 rings (SSSR count). The lowest BCUT2D eigenvalue weighted by Gasteiger charge is -2.36. The summed E-state index contributed by atoms with van der Waals surface area (Å²) in [7, 11) is 0. The van der Waals surface area contributed by atoms with Crippen LogP contribution in [0.1, 0.15) is 39.6 Å². The number of nitrogens with zero attached hydrogens (tertiary/aromatic N) is 1. The number of aromatic nitrogens is 1. The number of aromatic amines is 1. The molecule has 1 aliphatic rings. The summed E-state index contributed by atoms with van der Waals surface area (Å²) in [4.78, 5) is 18.9. The molecule has 32 heavy (non-hydrogen) atoms. The maximum absolute atomic E-state index is 13.3. The van der Waals surface area contributed by atoms with E-state index >= 15 is 0 Å². The average molecular weight is 444 g/mol. The Morgan fingerprint density at radius 2 is 1.72 bits per heavy atom. The molecule has 0 saturated carbocycles. The van der Waals surface area contributed by atoms with Crippen LogP contribution in [0.15, 0.2) is 66.7 Å². The molecule has 162 valence electrons. The summed E-state index contributed by atoms with van der Waals surface area (Å²) in [5.74, 6) is 0. The number of benzene rings is 3. The van der Waals surface area contributed by atoms with Crippen molar-refractivity contribution in [3.8, 4) is 0 Å². The van der Waals surface area contributed by atoms with Gasteiger partial charge in [0.05, 0.1) is 6.04 Å². The lowest BCUT2D eigenvalue weighted by Crippen LogP contribution is -2.45. The molecular weight excluding hydrogens is 418 g/mol. The fraction of sp³-hybridized carbons (Fsp3) is 0.222. The van der Waals surface area contributed by atoms with Gasteiger partial charge in [0.1, 0.15) is 0 Å². The molecular formula is C27H26ClN3O. The molecule has 0 fully saturated rings. The fourth-order valence-electron chi connectivity index (χ4n) is 4.56. The number of aryl methyl sites for hydroxylation is 2. The van der Waals surface area contributed by atoms with Gasteiger partial charge in [0.15, 0.2) is 0 Å². The largest absolute Gasteiger partial charge is 0.356 e. The smallest absolute Gasteiger partial charge is 0.318 e. The molecule has 2 amide bonds. The number of nitrogens with one attached hydrogen (secondary N) is 2. The van der Waals surface area contributed by atoms with Crippen LogP contribution in [0.3, 0.4) is 0 Å². The molecule has 0 unspecified atom stereocenters. The zero-order valence-corrected chi connectivity index (χ0v) is 19.0. The van der Waals surface area contributed by atoms with E-state index in [1.54, 1.807) is 0 Å². The zero-order valence-electron chi connectivity index (χ0n) is 18.3. The number of carbonyl (C=O) groups excluding carboxylic acids is 1. The van der Waals surface area contributed by atoms with Gasteiger partial charge >= 0.3 is 6.03 Å². The second-order valence-corrected chi connectivity index (χ2v) is 9.04. The third kappa shape index (κ3) is 3.87. The van der Waals surface area contributed by atoms with E-state index in [2.05, 4.69) is 72.7 Å². The van der Waals surface area contributed by atoms with Crippen LogP contribution in [0.25, 0.3) is 10.9 Å². The van der Waals surface area contributed by atoms with Crippen molar-refractivity contribution in [1.29, 1.82) is 0 Å². The second-order valence-electron chi connectivity index (χ2n) is 8.61. The van der Waals surface area contributed by atoms with Gasteiger partial charge in [-0.05, 0) is 55.2 Å². The van der Waals surface area contributed by atoms with Crippen molar-refractivity contribution in [2.45, 2.75) is 32.9 Å². The predicted octanol–water partition coefficient (Wildman–Crippen LogP) is 6.30. The van der Waals surface area contributed by atoms with Gasteiger partial charge in [-0.2, -0.15) is 0 Å². The van der Waals surface area contributed by atoms with Crippen molar-refractivity contribution in [2.75, 3.05) is 6.54 Å². The van der Waals surface area contributed by atoms with Crippen molar-refractivity contribution in [3.05, 3.63) is 105 Å². The highest BCUT2D eigenvalue weighted by Gasteiger charge is 2.34. The minimum atomic E-state index is -0.177. The van der Waals surface area contributed by atoms with E-state index in [0.717, 1.165) is 39.2 Å². The van der Waals surface area contributed by atoms with Gasteiger partial charge in [0.25, 0.3) is 0 Å². The molecule has 4 aromatic rings. The predicted molar refractivity (Wildman–Crippen MR) is 130 cm³/mol. The summed E-state index contributed by atoms with van der Waals surface area (Å²) < 4.78 is 0. The fourth-order valence-corrected chi connectivity index (χ4v) is 4.73. The highest BCUT2D eigenvalue weighted by molar-refractivity contribution is 6.31. The number of halogens is 1. The number of rotatable bonds is 3. The first kappa shape index (κ1) is 20.7. The molecule has 0 saturated heterocycles. The van der Waals surface area contributed by atoms with Crippen molar-refractivity contribution >= 4 is 28.5 Å². The van der Waals surface area contributed by atoms with Crippen LogP contribution >= 0.6 is 11.6 Å². The van der Waals surface area contributed by atoms with Crippen LogP contribution in [-0.4, -0.2) is 22.5 Å². The monoisotopic (exact) mass is 443 g/mol. The highest BCUT2D eigenvalue weighted by atomic mass is 35.5. The van der Waals surface area contributed by atoms with Crippen LogP contribution in [0.5, 0.6) is 0 Å². The van der Waals surface area contributed by atoms with Gasteiger partial charge in [-0.25, -0.2) is 4.79 Å². The molecule has 1 aromatic heterocycles. The van der Waals surface area contributed by atoms with Gasteiger partial charge in [-0.15, -0.1) is 0 Å². The Kier molecular flexibility index (Phi) is 5.40. The van der Waals surface area contributed by atoms with Crippen LogP contribution < -0.4 is 5.32 Å². The summed E-state index contributed by atoms with van der Waals surface area (Å²) in [6.45, 7) is 5.29. The van der Waals surface area contributed by atoms with Gasteiger partial charge in [-0.3, -0.25) is 0 Å². The van der Waals surface area contributed by atoms with E-state index < -0.39 is 0 Å². The number of carbonyl (C=O) groups is 1. The Morgan fingerprint density at radius 3 is 2.44 bits per heavy atom. The first-order chi connectivity index (χ1) is 15.5. The first-order valence-electron chi connectivity index (χ1n) is 11.0. The van der Waals surface area contributed by atoms with E-state index in [4.69, 9.17) is 11.6 Å². The Balaban J connectivity index is 1.50. The Morgan fingerprint density at radius 1 is 1.03 bits per heavy atom. The summed E-state index contributed by atoms with van der Waals surface area (Å²) in [6, 6.07) is 22.4. The number of H-pyrrole nitrogens is 1. The average Bonchev–Trinajstić information content (AvgIpc) is 3.16. The molecule has 0 aliphatic carbocycles. The number of amides is 2. The summed E-state index contributed by atoms with van der Waals surface area (Å²) in [5.41, 5.74) is 7.97. The van der Waals surface area contributed by atoms with Crippen molar-refractivity contribution < 1.29 is 4.79 Å². The lowest BCUT2D eigenvalue weighted by molar-refractivity contribution is 0.179. The molecule has 1 atom stereocenters. The zero-order chi connectivity index (χ0) is 22.2. The van der Waals surface area contributed by atoms with Crippen LogP contribution in [0.4, 0.5) is 4.79 Å². The number of hydrogen-bond donors (Lipinski definition) is 2. The second kappa shape index (κ2) is 8.36. The van der Waals surface area contributed by atoms with Crippen LogP contribution in [0, 0.1) is 13.8 Å². The maximum Gasteiger partial charge on any atom is 0.318 e. The highest BCUT2D eigenvalue weighted by Crippen LogP contribution is 2.39. The first-order valence-corrected chi connectivity index (χ1v) is 11.3. The molecule has 3 aromatic carbocycles. The number of hydrogen-bond acceptors (Lipinski definition) is 1. The SMILES string of the molecule is Cc1ccc(CNC(=O)N2CCc3c([nH]c4ccc(Cl)cc34)[C@@H]2c2ccc(C)cc2)cc1. The lowest BCUT2D eigenvalue weighted by atomic mass is 9.92. The van der Waals surface area contributed by atoms with Crippen molar-refractivity contribution in [2.24, 2.45) is 0 Å². The van der Waals surface area contributed by atoms with E-state index in [1.165, 1.54) is 16.7 Å². The third-order valence-electron chi connectivity index (χ3n) is 6.31. The third-order valence-corrected chi connectivity index (χ3v) is 6.54. The van der Waals surface area contributed by atoms with Crippen molar-refractivity contribution in [1.82, 2.24) is 15.2 Å². The van der Waals surface area contributed by atoms with Crippen LogP contribution in [0.2, 0.25) is 5.02 Å². The molecule has 2 N–H and O–H groups in total. The van der Waals surface area contributed by atoms with E-state index in [0.29, 0.717) is 13.1 Å². The standard InChI is InChI=1S/C27H26ClN3O/c1-17-3-7-19(8-4-17)16-29-27(32)31-14-13-22-23-15-21(28)11-12-24(23)30-25(22)26(31)20-9-5-18(2)6-10-20/h3-12,15,26,30H,13-14,16H2,1-2H3,(H,29,32)/t26-/m0/s1. The maximum atomic E-state index is 13.3. The molecule has 4 nitrogen and oxygen atoms in total. The molecule has 2 heterocycles. The van der Waals surface area contributed by atoms with Gasteiger partial charge < -0.3 is 15.2 Å². The number of urea groups is 1. The molecule has 5 heteroatoms. The minimum absolute atomic E-state index is 0.0570. The molecule has 0 radical (unpaired) electrons. The van der Waals surface area contributed by atoms with E-state index in [9.17, 15) is 4.79 Å². The Labute approximate surface area is 193 Å². The van der Waals surface area contributed by atoms with Gasteiger partial charge in [0.2, 0.25) is 0 Å². The van der Waals surface area contributed by atoms with E-state index in [-0.39, 0.29) is 12.1 Å². The van der Waals surface area contributed by atoms with Gasteiger partial charge in [-0.1, -0.05) is 71.3 Å². The van der Waals surface area contributed by atoms with E-state index in [1.807, 2.05) is 23.1 Å². The van der Waals surface area contributed by atoms with Crippen LogP contribution in [-0.2, 0) is 13.0 Å². The van der Waals surface area contributed by atoms with Crippen molar-refractivity contribution in [3.63, 3.8) is 0 Å². The topological polar surface area (TPSA) is 48.1 Å². The normalized spacial score (nSPS) is 15.6. The summed E-state index contributed by atoms with van der Waals surface area (Å²) >= 11 is 6.29. The Hall–Kier alpha value is -3.24. The molecule has 0 spiro atoms. The summed E-state index contributed by atoms with van der Waals surface area (Å²) in [6.07, 6.45) is 0.788. The summed E-state index contributed by atoms with van der Waals surface area (Å²) in [5, 5.41) is 4.99. The molecule has 1 aliphatic heterocycles.